The third-order valence-corrected chi connectivity index (χ3v) is 3.55. The Morgan fingerprint density at radius 1 is 0.850 bits per heavy atom. The highest BCUT2D eigenvalue weighted by atomic mass is 15.3. The maximum Gasteiger partial charge on any atom is 0.163 e. The van der Waals surface area contributed by atoms with Crippen molar-refractivity contribution in [1.29, 1.82) is 0 Å². The fraction of sp³-hybridized carbons (Fsp3) is 0.0588. The van der Waals surface area contributed by atoms with Gasteiger partial charge in [0.2, 0.25) is 0 Å². The van der Waals surface area contributed by atoms with Crippen LogP contribution in [0.5, 0.6) is 0 Å². The van der Waals surface area contributed by atoms with Crippen LogP contribution in [0, 0.1) is 6.92 Å². The van der Waals surface area contributed by atoms with E-state index in [1.165, 1.54) is 16.3 Å². The smallest absolute Gasteiger partial charge is 0.163 e. The van der Waals surface area contributed by atoms with Gasteiger partial charge in [0.1, 0.15) is 5.82 Å². The standard InChI is InChI=1S/C17H13N3/c1-12-18-17-16(10-5-11-20(17)19-12)15-9-4-7-13-6-2-3-8-14(13)15/h2-11H,1H3. The van der Waals surface area contributed by atoms with Crippen molar-refractivity contribution >= 4 is 16.4 Å². The minimum absolute atomic E-state index is 0.790. The van der Waals surface area contributed by atoms with Crippen LogP contribution in [0.15, 0.2) is 60.8 Å². The first-order valence-electron chi connectivity index (χ1n) is 6.63. The molecule has 0 saturated heterocycles. The van der Waals surface area contributed by atoms with E-state index in [1.807, 2.05) is 23.7 Å². The summed E-state index contributed by atoms with van der Waals surface area (Å²) in [5.41, 5.74) is 3.22. The number of aromatic nitrogens is 3. The molecule has 4 rings (SSSR count). The minimum Gasteiger partial charge on any atom is -0.220 e. The monoisotopic (exact) mass is 259 g/mol. The fourth-order valence-corrected chi connectivity index (χ4v) is 2.68. The zero-order chi connectivity index (χ0) is 13.5. The average Bonchev–Trinajstić information content (AvgIpc) is 2.87. The van der Waals surface area contributed by atoms with Gasteiger partial charge in [-0.25, -0.2) is 9.50 Å². The molecule has 0 atom stereocenters. The molecule has 0 aliphatic heterocycles. The van der Waals surface area contributed by atoms with Crippen LogP contribution in [0.2, 0.25) is 0 Å². The van der Waals surface area contributed by atoms with Crippen molar-refractivity contribution in [1.82, 2.24) is 14.6 Å². The van der Waals surface area contributed by atoms with Gasteiger partial charge in [-0.2, -0.15) is 5.10 Å². The highest BCUT2D eigenvalue weighted by molar-refractivity contribution is 5.99. The van der Waals surface area contributed by atoms with Crippen molar-refractivity contribution in [3.05, 3.63) is 66.6 Å². The van der Waals surface area contributed by atoms with E-state index >= 15 is 0 Å². The molecule has 0 amide bonds. The molecular formula is C17H13N3. The van der Waals surface area contributed by atoms with Gasteiger partial charge in [-0.05, 0) is 35.4 Å². The lowest BCUT2D eigenvalue weighted by Crippen LogP contribution is -1.90. The number of rotatable bonds is 1. The minimum atomic E-state index is 0.790. The molecule has 0 bridgehead atoms. The molecule has 0 unspecified atom stereocenters. The Kier molecular flexibility index (Phi) is 2.33. The van der Waals surface area contributed by atoms with Crippen LogP contribution in [0.3, 0.4) is 0 Å². The Hall–Kier alpha value is -2.68. The average molecular weight is 259 g/mol. The number of benzene rings is 2. The van der Waals surface area contributed by atoms with E-state index in [4.69, 9.17) is 0 Å². The Balaban J connectivity index is 2.11. The summed E-state index contributed by atoms with van der Waals surface area (Å²) in [5.74, 6) is 0.790. The van der Waals surface area contributed by atoms with Crippen molar-refractivity contribution in [3.63, 3.8) is 0 Å². The second-order valence-corrected chi connectivity index (χ2v) is 4.88. The molecule has 2 aromatic carbocycles. The Labute approximate surface area is 116 Å². The third kappa shape index (κ3) is 1.60. The fourth-order valence-electron chi connectivity index (χ4n) is 2.68. The molecule has 0 saturated carbocycles. The highest BCUT2D eigenvalue weighted by Gasteiger charge is 2.10. The van der Waals surface area contributed by atoms with E-state index in [9.17, 15) is 0 Å². The predicted molar refractivity (Wildman–Crippen MR) is 80.7 cm³/mol. The van der Waals surface area contributed by atoms with Gasteiger partial charge in [0.15, 0.2) is 5.65 Å². The molecule has 0 radical (unpaired) electrons. The second kappa shape index (κ2) is 4.17. The summed E-state index contributed by atoms with van der Waals surface area (Å²) in [5, 5.41) is 6.86. The summed E-state index contributed by atoms with van der Waals surface area (Å²) in [6, 6.07) is 18.9. The van der Waals surface area contributed by atoms with Gasteiger partial charge in [0.25, 0.3) is 0 Å². The molecule has 0 fully saturated rings. The van der Waals surface area contributed by atoms with Crippen molar-refractivity contribution in [3.8, 4) is 11.1 Å². The van der Waals surface area contributed by atoms with Crippen LogP contribution in [0.1, 0.15) is 5.82 Å². The molecule has 3 nitrogen and oxygen atoms in total. The van der Waals surface area contributed by atoms with Crippen molar-refractivity contribution < 1.29 is 0 Å². The third-order valence-electron chi connectivity index (χ3n) is 3.55. The molecule has 96 valence electrons. The number of fused-ring (bicyclic) bond motifs is 2. The summed E-state index contributed by atoms with van der Waals surface area (Å²) in [4.78, 5) is 4.55. The molecule has 0 aliphatic rings. The van der Waals surface area contributed by atoms with Crippen LogP contribution in [-0.4, -0.2) is 14.6 Å². The number of hydrogen-bond donors (Lipinski definition) is 0. The van der Waals surface area contributed by atoms with Gasteiger partial charge in [0, 0.05) is 11.8 Å². The van der Waals surface area contributed by atoms with Crippen molar-refractivity contribution in [2.75, 3.05) is 0 Å². The van der Waals surface area contributed by atoms with Crippen LogP contribution in [0.4, 0.5) is 0 Å². The van der Waals surface area contributed by atoms with E-state index in [-0.39, 0.29) is 0 Å². The molecule has 2 aromatic heterocycles. The largest absolute Gasteiger partial charge is 0.220 e. The molecule has 20 heavy (non-hydrogen) atoms. The van der Waals surface area contributed by atoms with E-state index in [0.29, 0.717) is 0 Å². The zero-order valence-electron chi connectivity index (χ0n) is 11.1. The van der Waals surface area contributed by atoms with Gasteiger partial charge in [-0.1, -0.05) is 42.5 Å². The number of aryl methyl sites for hydroxylation is 1. The van der Waals surface area contributed by atoms with E-state index in [0.717, 1.165) is 17.0 Å². The van der Waals surface area contributed by atoms with Gasteiger partial charge >= 0.3 is 0 Å². The quantitative estimate of drug-likeness (QED) is 0.519. The lowest BCUT2D eigenvalue weighted by atomic mass is 9.99. The van der Waals surface area contributed by atoms with Crippen LogP contribution >= 0.6 is 0 Å². The second-order valence-electron chi connectivity index (χ2n) is 4.88. The number of nitrogens with zero attached hydrogens (tertiary/aromatic N) is 3. The summed E-state index contributed by atoms with van der Waals surface area (Å²) < 4.78 is 1.84. The normalized spacial score (nSPS) is 11.2. The van der Waals surface area contributed by atoms with Crippen molar-refractivity contribution in [2.24, 2.45) is 0 Å². The summed E-state index contributed by atoms with van der Waals surface area (Å²) in [6.07, 6.45) is 1.93. The first-order valence-corrected chi connectivity index (χ1v) is 6.63. The predicted octanol–water partition coefficient (Wildman–Crippen LogP) is 3.86. The lowest BCUT2D eigenvalue weighted by Gasteiger charge is -2.07. The van der Waals surface area contributed by atoms with Crippen LogP contribution < -0.4 is 0 Å². The van der Waals surface area contributed by atoms with Gasteiger partial charge in [-0.3, -0.25) is 0 Å². The van der Waals surface area contributed by atoms with Crippen molar-refractivity contribution in [2.45, 2.75) is 6.92 Å². The highest BCUT2D eigenvalue weighted by Crippen LogP contribution is 2.30. The maximum absolute atomic E-state index is 4.55. The molecular weight excluding hydrogens is 246 g/mol. The van der Waals surface area contributed by atoms with Gasteiger partial charge in [-0.15, -0.1) is 0 Å². The summed E-state index contributed by atoms with van der Waals surface area (Å²) in [6.45, 7) is 1.92. The van der Waals surface area contributed by atoms with E-state index in [2.05, 4.69) is 58.6 Å². The van der Waals surface area contributed by atoms with Crippen LogP contribution in [-0.2, 0) is 0 Å². The molecule has 0 N–H and O–H groups in total. The number of hydrogen-bond acceptors (Lipinski definition) is 2. The van der Waals surface area contributed by atoms with Gasteiger partial charge in [0.05, 0.1) is 0 Å². The summed E-state index contributed by atoms with van der Waals surface area (Å²) >= 11 is 0. The van der Waals surface area contributed by atoms with Crippen LogP contribution in [0.25, 0.3) is 27.5 Å². The Morgan fingerprint density at radius 3 is 2.60 bits per heavy atom. The SMILES string of the molecule is Cc1nc2c(-c3cccc4ccccc34)cccn2n1. The molecule has 2 heterocycles. The Bertz CT molecular complexity index is 916. The summed E-state index contributed by atoms with van der Waals surface area (Å²) in [7, 11) is 0. The first-order chi connectivity index (χ1) is 9.83. The molecule has 0 aliphatic carbocycles. The van der Waals surface area contributed by atoms with E-state index in [1.54, 1.807) is 0 Å². The maximum atomic E-state index is 4.55. The zero-order valence-corrected chi connectivity index (χ0v) is 11.1. The Morgan fingerprint density at radius 2 is 1.65 bits per heavy atom. The molecule has 0 spiro atoms. The topological polar surface area (TPSA) is 30.2 Å². The molecule has 3 heteroatoms. The van der Waals surface area contributed by atoms with E-state index < -0.39 is 0 Å². The van der Waals surface area contributed by atoms with Gasteiger partial charge < -0.3 is 0 Å². The first kappa shape index (κ1) is 11.2. The number of pyridine rings is 1. The molecule has 4 aromatic rings. The lowest BCUT2D eigenvalue weighted by molar-refractivity contribution is 0.931.